The minimum atomic E-state index is -4.42. The second-order valence-electron chi connectivity index (χ2n) is 10.1. The summed E-state index contributed by atoms with van der Waals surface area (Å²) in [7, 11) is 2.19. The predicted octanol–water partition coefficient (Wildman–Crippen LogP) is 4.61. The van der Waals surface area contributed by atoms with Crippen molar-refractivity contribution in [3.63, 3.8) is 0 Å². The van der Waals surface area contributed by atoms with Gasteiger partial charge in [0.25, 0.3) is 0 Å². The Kier molecular flexibility index (Phi) is 8.37. The van der Waals surface area contributed by atoms with Gasteiger partial charge in [0.1, 0.15) is 18.9 Å². The fourth-order valence-corrected chi connectivity index (χ4v) is 5.32. The van der Waals surface area contributed by atoms with Crippen LogP contribution >= 0.6 is 0 Å². The fourth-order valence-electron chi connectivity index (χ4n) is 4.68. The van der Waals surface area contributed by atoms with Crippen molar-refractivity contribution in [1.82, 2.24) is 9.47 Å². The molecule has 0 unspecified atom stereocenters. The Morgan fingerprint density at radius 3 is 2.49 bits per heavy atom. The molecular formula is C28H33F3N4O3S. The van der Waals surface area contributed by atoms with Crippen molar-refractivity contribution in [2.45, 2.75) is 36.5 Å². The first kappa shape index (κ1) is 28.6. The number of rotatable bonds is 7. The lowest BCUT2D eigenvalue weighted by Gasteiger charge is -2.30. The van der Waals surface area contributed by atoms with E-state index in [0.717, 1.165) is 37.9 Å². The molecule has 0 aliphatic carbocycles. The van der Waals surface area contributed by atoms with Gasteiger partial charge >= 0.3 is 6.18 Å². The van der Waals surface area contributed by atoms with E-state index in [1.807, 2.05) is 6.07 Å². The summed E-state index contributed by atoms with van der Waals surface area (Å²) in [5, 5.41) is 4.22. The number of nitrogens with zero attached hydrogens (tertiary/aromatic N) is 3. The van der Waals surface area contributed by atoms with Gasteiger partial charge in [0.15, 0.2) is 9.84 Å². The van der Waals surface area contributed by atoms with Gasteiger partial charge in [0.05, 0.1) is 21.8 Å². The highest BCUT2D eigenvalue weighted by atomic mass is 32.2. The van der Waals surface area contributed by atoms with Crippen molar-refractivity contribution < 1.29 is 26.3 Å². The number of halogens is 3. The standard InChI is InChI=1S/C28H33F3N4O3S/c1-33(2)26-18-22(39(4,36)37)10-11-27(26)38-16-6-7-21-17-23-24(32-20-12-14-34(3)15-13-20)8-5-9-25(23)35(21)19-28(29,30)31/h5,8-11,17-18,20,32H,12-16,19H2,1-4H3. The summed E-state index contributed by atoms with van der Waals surface area (Å²) in [5.41, 5.74) is 2.05. The van der Waals surface area contributed by atoms with E-state index in [2.05, 4.69) is 29.1 Å². The van der Waals surface area contributed by atoms with E-state index in [-0.39, 0.29) is 23.2 Å². The van der Waals surface area contributed by atoms with Crippen molar-refractivity contribution in [1.29, 1.82) is 0 Å². The number of likely N-dealkylation sites (tertiary alicyclic amines) is 1. The summed E-state index contributed by atoms with van der Waals surface area (Å²) in [6.45, 7) is 0.683. The van der Waals surface area contributed by atoms with Crippen LogP contribution in [0.4, 0.5) is 24.5 Å². The minimum Gasteiger partial charge on any atom is -0.479 e. The Bertz CT molecular complexity index is 1500. The number of fused-ring (bicyclic) bond motifs is 1. The number of hydrogen-bond acceptors (Lipinski definition) is 6. The van der Waals surface area contributed by atoms with E-state index in [9.17, 15) is 21.6 Å². The first-order valence-electron chi connectivity index (χ1n) is 12.6. The van der Waals surface area contributed by atoms with Gasteiger partial charge in [-0.1, -0.05) is 12.0 Å². The molecule has 0 bridgehead atoms. The lowest BCUT2D eigenvalue weighted by atomic mass is 10.0. The maximum Gasteiger partial charge on any atom is 0.406 e. The van der Waals surface area contributed by atoms with Gasteiger partial charge in [0, 0.05) is 37.5 Å². The summed E-state index contributed by atoms with van der Waals surface area (Å²) >= 11 is 0. The summed E-state index contributed by atoms with van der Waals surface area (Å²) < 4.78 is 71.4. The van der Waals surface area contributed by atoms with E-state index in [1.165, 1.54) is 16.7 Å². The summed E-state index contributed by atoms with van der Waals surface area (Å²) in [6.07, 6.45) is -1.37. The highest BCUT2D eigenvalue weighted by Crippen LogP contribution is 2.32. The van der Waals surface area contributed by atoms with Crippen LogP contribution in [-0.4, -0.2) is 77.2 Å². The molecule has 4 rings (SSSR count). The number of anilines is 2. The molecule has 0 saturated carbocycles. The number of sulfone groups is 1. The number of ether oxygens (including phenoxy) is 1. The van der Waals surface area contributed by atoms with E-state index in [1.54, 1.807) is 43.3 Å². The van der Waals surface area contributed by atoms with Crippen molar-refractivity contribution in [2.75, 3.05) is 57.3 Å². The van der Waals surface area contributed by atoms with Gasteiger partial charge in [-0.2, -0.15) is 13.2 Å². The molecule has 3 aromatic rings. The lowest BCUT2D eigenvalue weighted by Crippen LogP contribution is -2.36. The third-order valence-electron chi connectivity index (χ3n) is 6.72. The Morgan fingerprint density at radius 1 is 1.13 bits per heavy atom. The number of hydrogen-bond donors (Lipinski definition) is 1. The van der Waals surface area contributed by atoms with Gasteiger partial charge in [0.2, 0.25) is 0 Å². The van der Waals surface area contributed by atoms with Gasteiger partial charge in [-0.15, -0.1) is 0 Å². The highest BCUT2D eigenvalue weighted by Gasteiger charge is 2.30. The van der Waals surface area contributed by atoms with Crippen molar-refractivity contribution in [3.8, 4) is 17.6 Å². The van der Waals surface area contributed by atoms with Crippen LogP contribution in [0, 0.1) is 11.8 Å². The van der Waals surface area contributed by atoms with Crippen LogP contribution in [0.1, 0.15) is 18.5 Å². The zero-order chi connectivity index (χ0) is 28.4. The molecule has 0 atom stereocenters. The zero-order valence-corrected chi connectivity index (χ0v) is 23.3. The van der Waals surface area contributed by atoms with Crippen LogP contribution in [0.25, 0.3) is 10.9 Å². The van der Waals surface area contributed by atoms with Crippen molar-refractivity contribution in [3.05, 3.63) is 48.2 Å². The maximum absolute atomic E-state index is 13.5. The second kappa shape index (κ2) is 11.4. The smallest absolute Gasteiger partial charge is 0.406 e. The highest BCUT2D eigenvalue weighted by molar-refractivity contribution is 7.90. The number of nitrogens with one attached hydrogen (secondary N) is 1. The molecular weight excluding hydrogens is 529 g/mol. The lowest BCUT2D eigenvalue weighted by molar-refractivity contribution is -0.140. The van der Waals surface area contributed by atoms with Crippen LogP contribution in [0.2, 0.25) is 0 Å². The third kappa shape index (κ3) is 7.19. The second-order valence-corrected chi connectivity index (χ2v) is 12.1. The van der Waals surface area contributed by atoms with Crippen LogP contribution < -0.4 is 15.0 Å². The fraction of sp³-hybridized carbons (Fsp3) is 0.429. The molecule has 1 aliphatic heterocycles. The normalized spacial score (nSPS) is 15.2. The molecule has 1 aromatic heterocycles. The van der Waals surface area contributed by atoms with Crippen LogP contribution in [-0.2, 0) is 16.4 Å². The van der Waals surface area contributed by atoms with E-state index >= 15 is 0 Å². The molecule has 1 aliphatic rings. The molecule has 7 nitrogen and oxygen atoms in total. The Hall–Kier alpha value is -3.36. The van der Waals surface area contributed by atoms with E-state index in [4.69, 9.17) is 4.74 Å². The van der Waals surface area contributed by atoms with Crippen LogP contribution in [0.15, 0.2) is 47.4 Å². The maximum atomic E-state index is 13.5. The molecule has 1 fully saturated rings. The average molecular weight is 563 g/mol. The molecule has 1 N–H and O–H groups in total. The molecule has 39 heavy (non-hydrogen) atoms. The Balaban J connectivity index is 1.61. The molecule has 0 spiro atoms. The Morgan fingerprint density at radius 2 is 1.85 bits per heavy atom. The average Bonchev–Trinajstić information content (AvgIpc) is 3.19. The molecule has 2 aromatic carbocycles. The van der Waals surface area contributed by atoms with Gasteiger partial charge in [-0.3, -0.25) is 0 Å². The van der Waals surface area contributed by atoms with Gasteiger partial charge < -0.3 is 24.4 Å². The molecule has 2 heterocycles. The minimum absolute atomic E-state index is 0.0900. The monoisotopic (exact) mass is 562 g/mol. The molecule has 11 heteroatoms. The zero-order valence-electron chi connectivity index (χ0n) is 22.5. The largest absolute Gasteiger partial charge is 0.479 e. The number of aromatic nitrogens is 1. The van der Waals surface area contributed by atoms with Gasteiger partial charge in [-0.25, -0.2) is 8.42 Å². The summed E-state index contributed by atoms with van der Waals surface area (Å²) in [5.74, 6) is 6.11. The quantitative estimate of drug-likeness (QED) is 0.425. The summed E-state index contributed by atoms with van der Waals surface area (Å²) in [4.78, 5) is 4.14. The summed E-state index contributed by atoms with van der Waals surface area (Å²) in [6, 6.07) is 11.8. The molecule has 0 radical (unpaired) electrons. The number of benzene rings is 2. The van der Waals surface area contributed by atoms with Crippen LogP contribution in [0.3, 0.4) is 0 Å². The molecule has 1 saturated heterocycles. The van der Waals surface area contributed by atoms with E-state index in [0.29, 0.717) is 22.3 Å². The third-order valence-corrected chi connectivity index (χ3v) is 7.83. The SMILES string of the molecule is CN1CCC(Nc2cccc3c2cc(C#CCOc2ccc(S(C)(=O)=O)cc2N(C)C)n3CC(F)(F)F)CC1. The molecule has 210 valence electrons. The van der Waals surface area contributed by atoms with Gasteiger partial charge in [-0.05, 0) is 75.3 Å². The first-order valence-corrected chi connectivity index (χ1v) is 14.5. The topological polar surface area (TPSA) is 66.8 Å². The number of piperidine rings is 1. The Labute approximate surface area is 227 Å². The first-order chi connectivity index (χ1) is 18.3. The van der Waals surface area contributed by atoms with E-state index < -0.39 is 22.6 Å². The predicted molar refractivity (Wildman–Crippen MR) is 148 cm³/mol. The van der Waals surface area contributed by atoms with Crippen molar-refractivity contribution in [2.24, 2.45) is 0 Å². The van der Waals surface area contributed by atoms with Crippen molar-refractivity contribution >= 4 is 32.1 Å². The van der Waals surface area contributed by atoms with Crippen LogP contribution in [0.5, 0.6) is 5.75 Å². The molecule has 0 amide bonds. The number of alkyl halides is 3.